The molecule has 0 amide bonds. The van der Waals surface area contributed by atoms with E-state index in [9.17, 15) is 0 Å². The van der Waals surface area contributed by atoms with Gasteiger partial charge in [0.05, 0.1) is 42.3 Å². The second-order valence-corrected chi connectivity index (χ2v) is 7.87. The fourth-order valence-corrected chi connectivity index (χ4v) is 2.26. The molecular weight excluding hydrogens is 522 g/mol. The Labute approximate surface area is 183 Å². The summed E-state index contributed by atoms with van der Waals surface area (Å²) in [6.45, 7) is 2.20. The third kappa shape index (κ3) is 14.2. The van der Waals surface area contributed by atoms with E-state index >= 15 is 0 Å². The van der Waals surface area contributed by atoms with Gasteiger partial charge < -0.3 is 56.9 Å². The van der Waals surface area contributed by atoms with Gasteiger partial charge in [0.15, 0.2) is 0 Å². The van der Waals surface area contributed by atoms with Gasteiger partial charge in [-0.05, 0) is 0 Å². The average Bonchev–Trinajstić information content (AvgIpc) is 2.38. The van der Waals surface area contributed by atoms with Crippen LogP contribution in [-0.2, 0) is 13.1 Å². The highest BCUT2D eigenvalue weighted by Crippen LogP contribution is 2.05. The molecule has 0 aliphatic heterocycles. The molecule has 2 rings (SSSR count). The van der Waals surface area contributed by atoms with E-state index in [0.717, 1.165) is 22.1 Å². The minimum Gasteiger partial charge on any atom is -1.00 e. The van der Waals surface area contributed by atoms with E-state index in [1.165, 1.54) is 11.1 Å². The first-order valence-electron chi connectivity index (χ1n) is 7.84. The molecule has 0 radical (unpaired) electrons. The van der Waals surface area contributed by atoms with Gasteiger partial charge in [-0.1, -0.05) is 60.7 Å². The third-order valence-electron chi connectivity index (χ3n) is 3.00. The summed E-state index contributed by atoms with van der Waals surface area (Å²) in [5, 5.41) is 0. The normalized spacial score (nSPS) is 10.6. The second kappa shape index (κ2) is 12.2. The zero-order valence-electron chi connectivity index (χ0n) is 15.8. The van der Waals surface area contributed by atoms with Crippen molar-refractivity contribution >= 4 is 0 Å². The topological polar surface area (TPSA) is 0 Å². The molecule has 0 heterocycles. The summed E-state index contributed by atoms with van der Waals surface area (Å²) in [5.74, 6) is 0. The summed E-state index contributed by atoms with van der Waals surface area (Å²) in [6.07, 6.45) is 0. The van der Waals surface area contributed by atoms with E-state index in [0.29, 0.717) is 0 Å². The highest BCUT2D eigenvalue weighted by Gasteiger charge is 2.07. The van der Waals surface area contributed by atoms with E-state index < -0.39 is 0 Å². The molecule has 0 aliphatic carbocycles. The maximum Gasteiger partial charge on any atom is 0.104 e. The monoisotopic (exact) mass is 554 g/mol. The number of quaternary nitrogens is 2. The van der Waals surface area contributed by atoms with Gasteiger partial charge in [-0.15, -0.1) is 0 Å². The van der Waals surface area contributed by atoms with Crippen LogP contribution in [0.4, 0.5) is 0 Å². The fourth-order valence-electron chi connectivity index (χ4n) is 2.26. The van der Waals surface area contributed by atoms with Gasteiger partial charge in [-0.2, -0.15) is 0 Å². The van der Waals surface area contributed by atoms with Gasteiger partial charge in [0.2, 0.25) is 0 Å². The van der Waals surface area contributed by atoms with Crippen molar-refractivity contribution in [2.45, 2.75) is 13.1 Å². The first-order valence-corrected chi connectivity index (χ1v) is 7.84. The molecule has 0 aromatic heterocycles. The molecule has 24 heavy (non-hydrogen) atoms. The maximum absolute atomic E-state index is 2.20. The molecule has 136 valence electrons. The summed E-state index contributed by atoms with van der Waals surface area (Å²) < 4.78 is 1.98. The van der Waals surface area contributed by atoms with Gasteiger partial charge in [-0.25, -0.2) is 0 Å². The van der Waals surface area contributed by atoms with E-state index in [2.05, 4.69) is 103 Å². The lowest BCUT2D eigenvalue weighted by Gasteiger charge is -2.23. The lowest BCUT2D eigenvalue weighted by atomic mass is 10.2. The van der Waals surface area contributed by atoms with Crippen LogP contribution in [0.25, 0.3) is 0 Å². The molecule has 2 aromatic carbocycles. The van der Waals surface area contributed by atoms with Crippen LogP contribution in [0.2, 0.25) is 0 Å². The fraction of sp³-hybridized carbons (Fsp3) is 0.400. The average molecular weight is 554 g/mol. The number of benzene rings is 2. The minimum absolute atomic E-state index is 0. The standard InChI is InChI=1S/2C10H16N.2HI/c2*1-11(2,3)9-10-7-5-4-6-8-10;;/h2*4-8H,9H2,1-3H3;2*1H/q2*+1;;/p-2. The van der Waals surface area contributed by atoms with Crippen molar-refractivity contribution in [3.8, 4) is 0 Å². The lowest BCUT2D eigenvalue weighted by Crippen LogP contribution is -3.00. The molecule has 2 nitrogen and oxygen atoms in total. The molecule has 0 fully saturated rings. The summed E-state index contributed by atoms with van der Waals surface area (Å²) in [7, 11) is 13.2. The molecule has 0 unspecified atom stereocenters. The van der Waals surface area contributed by atoms with Crippen LogP contribution < -0.4 is 48.0 Å². The Bertz CT molecular complexity index is 478. The second-order valence-electron chi connectivity index (χ2n) is 7.87. The summed E-state index contributed by atoms with van der Waals surface area (Å²) >= 11 is 0. The van der Waals surface area contributed by atoms with Crippen molar-refractivity contribution in [2.24, 2.45) is 0 Å². The Hall–Kier alpha value is -0.180. The third-order valence-corrected chi connectivity index (χ3v) is 3.00. The van der Waals surface area contributed by atoms with Crippen molar-refractivity contribution in [2.75, 3.05) is 42.3 Å². The molecule has 0 aliphatic rings. The van der Waals surface area contributed by atoms with Crippen LogP contribution in [0.15, 0.2) is 60.7 Å². The molecule has 0 bridgehead atoms. The van der Waals surface area contributed by atoms with E-state index in [4.69, 9.17) is 0 Å². The van der Waals surface area contributed by atoms with E-state index in [1.807, 2.05) is 0 Å². The Kier molecular flexibility index (Phi) is 13.3. The Balaban J connectivity index is 0. The summed E-state index contributed by atoms with van der Waals surface area (Å²) in [5.41, 5.74) is 2.81. The number of hydrogen-bond donors (Lipinski definition) is 0. The number of halogens is 2. The predicted octanol–water partition coefficient (Wildman–Crippen LogP) is -2.21. The van der Waals surface area contributed by atoms with Crippen molar-refractivity contribution in [1.82, 2.24) is 0 Å². The van der Waals surface area contributed by atoms with Gasteiger partial charge >= 0.3 is 0 Å². The Morgan fingerprint density at radius 2 is 0.750 bits per heavy atom. The van der Waals surface area contributed by atoms with Crippen molar-refractivity contribution in [1.29, 1.82) is 0 Å². The van der Waals surface area contributed by atoms with Crippen LogP contribution in [0.3, 0.4) is 0 Å². The summed E-state index contributed by atoms with van der Waals surface area (Å²) in [6, 6.07) is 21.1. The van der Waals surface area contributed by atoms with E-state index in [1.54, 1.807) is 0 Å². The number of rotatable bonds is 4. The molecule has 0 N–H and O–H groups in total. The van der Waals surface area contributed by atoms with Crippen LogP contribution in [-0.4, -0.2) is 51.3 Å². The van der Waals surface area contributed by atoms with Crippen molar-refractivity contribution in [3.05, 3.63) is 71.8 Å². The lowest BCUT2D eigenvalue weighted by molar-refractivity contribution is -0.884. The van der Waals surface area contributed by atoms with Crippen molar-refractivity contribution < 1.29 is 56.9 Å². The van der Waals surface area contributed by atoms with Gasteiger partial charge in [0, 0.05) is 11.1 Å². The SMILES string of the molecule is C[N+](C)(C)Cc1ccccc1.C[N+](C)(C)Cc1ccccc1.[I-].[I-]. The Morgan fingerprint density at radius 1 is 0.500 bits per heavy atom. The number of nitrogens with zero attached hydrogens (tertiary/aromatic N) is 2. The quantitative estimate of drug-likeness (QED) is 0.298. The molecule has 0 spiro atoms. The van der Waals surface area contributed by atoms with Crippen LogP contribution in [0.5, 0.6) is 0 Å². The molecule has 0 saturated carbocycles. The minimum atomic E-state index is 0. The largest absolute Gasteiger partial charge is 1.00 e. The van der Waals surface area contributed by atoms with Gasteiger partial charge in [-0.3, -0.25) is 0 Å². The highest BCUT2D eigenvalue weighted by atomic mass is 127. The molecule has 0 saturated heterocycles. The van der Waals surface area contributed by atoms with Crippen LogP contribution >= 0.6 is 0 Å². The first kappa shape index (κ1) is 26.1. The van der Waals surface area contributed by atoms with Crippen LogP contribution in [0.1, 0.15) is 11.1 Å². The van der Waals surface area contributed by atoms with Crippen molar-refractivity contribution in [3.63, 3.8) is 0 Å². The highest BCUT2D eigenvalue weighted by molar-refractivity contribution is 5.13. The molecular formula is C20H32I2N2. The molecule has 4 heteroatoms. The Morgan fingerprint density at radius 3 is 0.958 bits per heavy atom. The smallest absolute Gasteiger partial charge is 0.104 e. The van der Waals surface area contributed by atoms with Gasteiger partial charge in [0.1, 0.15) is 13.1 Å². The number of hydrogen-bond acceptors (Lipinski definition) is 0. The van der Waals surface area contributed by atoms with E-state index in [-0.39, 0.29) is 48.0 Å². The zero-order chi connectivity index (χ0) is 16.6. The van der Waals surface area contributed by atoms with Crippen LogP contribution in [0, 0.1) is 0 Å². The maximum atomic E-state index is 2.20. The molecule has 0 atom stereocenters. The predicted molar refractivity (Wildman–Crippen MR) is 96.4 cm³/mol. The first-order chi connectivity index (χ1) is 10.2. The van der Waals surface area contributed by atoms with Gasteiger partial charge in [0.25, 0.3) is 0 Å². The zero-order valence-corrected chi connectivity index (χ0v) is 20.2. The molecule has 2 aromatic rings. The summed E-state index contributed by atoms with van der Waals surface area (Å²) in [4.78, 5) is 0.